The number of ether oxygens (including phenoxy) is 3. The number of terminal acetylenes is 1. The number of carbonyl (C=O) groups excluding carboxylic acids is 1. The molecule has 6 nitrogen and oxygen atoms in total. The fourth-order valence-electron chi connectivity index (χ4n) is 2.24. The van der Waals surface area contributed by atoms with Gasteiger partial charge in [0.15, 0.2) is 11.5 Å². The van der Waals surface area contributed by atoms with Crippen LogP contribution in [-0.2, 0) is 0 Å². The summed E-state index contributed by atoms with van der Waals surface area (Å²) in [6.45, 7) is 4.04. The second-order valence-corrected chi connectivity index (χ2v) is 7.23. The van der Waals surface area contributed by atoms with Gasteiger partial charge >= 0.3 is 0 Å². The Hall–Kier alpha value is -2.76. The van der Waals surface area contributed by atoms with Crippen LogP contribution in [0.3, 0.4) is 0 Å². The van der Waals surface area contributed by atoms with Crippen molar-refractivity contribution in [1.29, 1.82) is 0 Å². The first-order chi connectivity index (χ1) is 14.0. The molecule has 0 aliphatic heterocycles. The normalized spacial score (nSPS) is 10.3. The van der Waals surface area contributed by atoms with E-state index in [0.29, 0.717) is 39.5 Å². The second-order valence-electron chi connectivity index (χ2n) is 5.46. The lowest BCUT2D eigenvalue weighted by atomic mass is 10.2. The summed E-state index contributed by atoms with van der Waals surface area (Å²) in [6.07, 6.45) is 8.35. The summed E-state index contributed by atoms with van der Waals surface area (Å²) in [5, 5.41) is 4.01. The molecule has 0 fully saturated rings. The zero-order valence-electron chi connectivity index (χ0n) is 15.6. The standard InChI is InChI=1S/C21H18Br2N2O4/c1-4-8-28-18-7-6-14(11-19(18)27-3)21(26)25-24-13-15-10-16(22)12-17(23)20(15)29-9-5-2/h2,4,6-7,10-13H,1,8-9H2,3H3,(H,25,26)/b24-13+. The summed E-state index contributed by atoms with van der Waals surface area (Å²) in [5.41, 5.74) is 3.47. The average Bonchev–Trinajstić information content (AvgIpc) is 2.71. The van der Waals surface area contributed by atoms with Gasteiger partial charge in [0.1, 0.15) is 19.0 Å². The van der Waals surface area contributed by atoms with E-state index >= 15 is 0 Å². The summed E-state index contributed by atoms with van der Waals surface area (Å²) < 4.78 is 17.8. The second kappa shape index (κ2) is 11.3. The van der Waals surface area contributed by atoms with E-state index in [-0.39, 0.29) is 6.61 Å². The van der Waals surface area contributed by atoms with Gasteiger partial charge in [-0.2, -0.15) is 5.10 Å². The molecule has 0 aliphatic rings. The first-order valence-corrected chi connectivity index (χ1v) is 9.89. The van der Waals surface area contributed by atoms with E-state index in [1.54, 1.807) is 30.3 Å². The minimum atomic E-state index is -0.407. The molecule has 2 rings (SSSR count). The molecule has 0 spiro atoms. The first kappa shape index (κ1) is 22.5. The minimum absolute atomic E-state index is 0.105. The smallest absolute Gasteiger partial charge is 0.271 e. The maximum absolute atomic E-state index is 12.4. The monoisotopic (exact) mass is 520 g/mol. The number of hydrogen-bond acceptors (Lipinski definition) is 5. The first-order valence-electron chi connectivity index (χ1n) is 8.30. The van der Waals surface area contributed by atoms with E-state index in [1.165, 1.54) is 13.3 Å². The molecule has 0 bridgehead atoms. The van der Waals surface area contributed by atoms with Crippen LogP contribution in [0.2, 0.25) is 0 Å². The molecule has 2 aromatic carbocycles. The maximum Gasteiger partial charge on any atom is 0.271 e. The summed E-state index contributed by atoms with van der Waals surface area (Å²) in [7, 11) is 1.50. The Morgan fingerprint density at radius 2 is 2.07 bits per heavy atom. The topological polar surface area (TPSA) is 69.2 Å². The van der Waals surface area contributed by atoms with Crippen LogP contribution in [-0.4, -0.2) is 32.4 Å². The van der Waals surface area contributed by atoms with Crippen LogP contribution in [0.5, 0.6) is 17.2 Å². The van der Waals surface area contributed by atoms with Crippen molar-refractivity contribution in [1.82, 2.24) is 5.43 Å². The number of amides is 1. The van der Waals surface area contributed by atoms with Crippen molar-refractivity contribution in [3.05, 3.63) is 63.1 Å². The van der Waals surface area contributed by atoms with Gasteiger partial charge in [0.05, 0.1) is 17.8 Å². The van der Waals surface area contributed by atoms with E-state index in [0.717, 1.165) is 4.47 Å². The number of hydrogen-bond donors (Lipinski definition) is 1. The molecular formula is C21H18Br2N2O4. The quantitative estimate of drug-likeness (QED) is 0.227. The van der Waals surface area contributed by atoms with Crippen LogP contribution >= 0.6 is 31.9 Å². The van der Waals surface area contributed by atoms with Crippen molar-refractivity contribution in [3.63, 3.8) is 0 Å². The van der Waals surface area contributed by atoms with Crippen LogP contribution in [0, 0.1) is 12.3 Å². The number of halogens is 2. The summed E-state index contributed by atoms with van der Waals surface area (Å²) in [5.74, 6) is 3.48. The van der Waals surface area contributed by atoms with E-state index in [2.05, 4.69) is 54.9 Å². The van der Waals surface area contributed by atoms with E-state index in [4.69, 9.17) is 20.6 Å². The van der Waals surface area contributed by atoms with Crippen molar-refractivity contribution in [2.45, 2.75) is 0 Å². The molecule has 0 aliphatic carbocycles. The Morgan fingerprint density at radius 3 is 2.76 bits per heavy atom. The molecular weight excluding hydrogens is 504 g/mol. The maximum atomic E-state index is 12.4. The highest BCUT2D eigenvalue weighted by Gasteiger charge is 2.12. The summed E-state index contributed by atoms with van der Waals surface area (Å²) in [4.78, 5) is 12.4. The number of rotatable bonds is 9. The van der Waals surface area contributed by atoms with E-state index in [9.17, 15) is 4.79 Å². The van der Waals surface area contributed by atoms with Crippen LogP contribution < -0.4 is 19.6 Å². The molecule has 150 valence electrons. The predicted molar refractivity (Wildman–Crippen MR) is 120 cm³/mol. The third kappa shape index (κ3) is 6.38. The number of hydrazone groups is 1. The largest absolute Gasteiger partial charge is 0.493 e. The molecule has 1 amide bonds. The molecule has 0 unspecified atom stereocenters. The van der Waals surface area contributed by atoms with Crippen molar-refractivity contribution < 1.29 is 19.0 Å². The molecule has 0 atom stereocenters. The number of nitrogens with zero attached hydrogens (tertiary/aromatic N) is 1. The zero-order valence-corrected chi connectivity index (χ0v) is 18.7. The van der Waals surface area contributed by atoms with Crippen molar-refractivity contribution in [2.24, 2.45) is 5.10 Å². The van der Waals surface area contributed by atoms with Crippen LogP contribution in [0.1, 0.15) is 15.9 Å². The Kier molecular flexibility index (Phi) is 8.77. The lowest BCUT2D eigenvalue weighted by Gasteiger charge is -2.11. The molecule has 0 aromatic heterocycles. The van der Waals surface area contributed by atoms with E-state index < -0.39 is 5.91 Å². The van der Waals surface area contributed by atoms with E-state index in [1.807, 2.05) is 6.07 Å². The van der Waals surface area contributed by atoms with Gasteiger partial charge in [0.2, 0.25) is 0 Å². The fourth-order valence-corrected chi connectivity index (χ4v) is 3.62. The number of carbonyl (C=O) groups is 1. The fraction of sp³-hybridized carbons (Fsp3) is 0.143. The summed E-state index contributed by atoms with van der Waals surface area (Å²) in [6, 6.07) is 8.45. The molecule has 0 saturated heterocycles. The average molecular weight is 522 g/mol. The van der Waals surface area contributed by atoms with Crippen molar-refractivity contribution in [3.8, 4) is 29.6 Å². The van der Waals surface area contributed by atoms with Gasteiger partial charge in [-0.25, -0.2) is 5.43 Å². The third-order valence-corrected chi connectivity index (χ3v) is 4.54. The van der Waals surface area contributed by atoms with Gasteiger partial charge in [-0.3, -0.25) is 4.79 Å². The van der Waals surface area contributed by atoms with Crippen LogP contribution in [0.25, 0.3) is 0 Å². The molecule has 2 aromatic rings. The molecule has 0 heterocycles. The van der Waals surface area contributed by atoms with Gasteiger partial charge in [0.25, 0.3) is 5.91 Å². The Labute approximate surface area is 186 Å². The molecule has 1 N–H and O–H groups in total. The van der Waals surface area contributed by atoms with Crippen molar-refractivity contribution in [2.75, 3.05) is 20.3 Å². The third-order valence-electron chi connectivity index (χ3n) is 3.49. The van der Waals surface area contributed by atoms with Gasteiger partial charge < -0.3 is 14.2 Å². The van der Waals surface area contributed by atoms with Crippen LogP contribution in [0.15, 0.2) is 57.0 Å². The zero-order chi connectivity index (χ0) is 21.2. The van der Waals surface area contributed by atoms with Crippen molar-refractivity contribution >= 4 is 44.0 Å². The number of methoxy groups -OCH3 is 1. The Morgan fingerprint density at radius 1 is 1.28 bits per heavy atom. The van der Waals surface area contributed by atoms with Crippen LogP contribution in [0.4, 0.5) is 0 Å². The predicted octanol–water partition coefficient (Wildman–Crippen LogP) is 4.56. The number of nitrogens with one attached hydrogen (secondary N) is 1. The van der Waals surface area contributed by atoms with Gasteiger partial charge in [-0.1, -0.05) is 34.5 Å². The molecule has 0 saturated carbocycles. The number of benzene rings is 2. The Bertz CT molecular complexity index is 968. The van der Waals surface area contributed by atoms with Gasteiger partial charge in [0, 0.05) is 15.6 Å². The Balaban J connectivity index is 2.15. The highest BCUT2D eigenvalue weighted by atomic mass is 79.9. The highest BCUT2D eigenvalue weighted by molar-refractivity contribution is 9.11. The molecule has 8 heteroatoms. The molecule has 0 radical (unpaired) electrons. The van der Waals surface area contributed by atoms with Gasteiger partial charge in [-0.05, 0) is 46.3 Å². The lowest BCUT2D eigenvalue weighted by Crippen LogP contribution is -2.17. The lowest BCUT2D eigenvalue weighted by molar-refractivity contribution is 0.0954. The van der Waals surface area contributed by atoms with Gasteiger partial charge in [-0.15, -0.1) is 6.42 Å². The summed E-state index contributed by atoms with van der Waals surface area (Å²) >= 11 is 6.83. The molecule has 29 heavy (non-hydrogen) atoms. The highest BCUT2D eigenvalue weighted by Crippen LogP contribution is 2.32. The minimum Gasteiger partial charge on any atom is -0.493 e. The SMILES string of the molecule is C#CCOc1c(Br)cc(Br)cc1/C=N/NC(=O)c1ccc(OCC=C)c(OC)c1.